The minimum absolute atomic E-state index is 0.670. The zero-order chi connectivity index (χ0) is 9.84. The van der Waals surface area contributed by atoms with Gasteiger partial charge < -0.3 is 4.57 Å². The van der Waals surface area contributed by atoms with Crippen molar-refractivity contribution in [1.82, 2.24) is 4.57 Å². The Morgan fingerprint density at radius 3 is 2.54 bits per heavy atom. The molecule has 1 aromatic heterocycles. The number of aryl methyl sites for hydroxylation is 1. The Morgan fingerprint density at radius 1 is 1.38 bits per heavy atom. The number of nitrogens with zero attached hydrogens (tertiary/aromatic N) is 1. The summed E-state index contributed by atoms with van der Waals surface area (Å²) in [5.41, 5.74) is 1.27. The molecule has 0 aliphatic rings. The highest BCUT2D eigenvalue weighted by Gasteiger charge is 2.04. The number of nitrogens with one attached hydrogen (secondary N) is 1. The van der Waals surface area contributed by atoms with E-state index in [1.165, 1.54) is 29.8 Å². The molecule has 2 nitrogen and oxygen atoms in total. The second-order valence-electron chi connectivity index (χ2n) is 3.43. The Kier molecular flexibility index (Phi) is 3.72. The van der Waals surface area contributed by atoms with Crippen molar-refractivity contribution in [3.05, 3.63) is 15.4 Å². The van der Waals surface area contributed by atoms with Crippen LogP contribution in [0, 0.1) is 12.3 Å². The van der Waals surface area contributed by atoms with Crippen LogP contribution in [0.15, 0.2) is 0 Å². The van der Waals surface area contributed by atoms with Crippen molar-refractivity contribution >= 4 is 11.3 Å². The highest BCUT2D eigenvalue weighted by Crippen LogP contribution is 2.14. The number of rotatable bonds is 4. The molecule has 0 atom stereocenters. The average molecular weight is 198 g/mol. The second-order valence-corrected chi connectivity index (χ2v) is 4.52. The summed E-state index contributed by atoms with van der Waals surface area (Å²) >= 11 is 1.62. The first-order valence-corrected chi connectivity index (χ1v) is 5.68. The minimum atomic E-state index is 0.670. The van der Waals surface area contributed by atoms with Crippen LogP contribution in [0.5, 0.6) is 0 Å². The maximum Gasteiger partial charge on any atom is 0.182 e. The number of hydrogen-bond donors (Lipinski definition) is 1. The highest BCUT2D eigenvalue weighted by molar-refractivity contribution is 7.09. The van der Waals surface area contributed by atoms with E-state index in [0.717, 1.165) is 6.42 Å². The summed E-state index contributed by atoms with van der Waals surface area (Å²) < 4.78 is 1.96. The predicted molar refractivity (Wildman–Crippen MR) is 57.1 cm³/mol. The van der Waals surface area contributed by atoms with Gasteiger partial charge in [-0.2, -0.15) is 0 Å². The van der Waals surface area contributed by atoms with E-state index in [9.17, 15) is 0 Å². The summed E-state index contributed by atoms with van der Waals surface area (Å²) in [6, 6.07) is 0. The van der Waals surface area contributed by atoms with Gasteiger partial charge in [-0.1, -0.05) is 19.8 Å². The van der Waals surface area contributed by atoms with E-state index in [2.05, 4.69) is 13.8 Å². The third kappa shape index (κ3) is 2.44. The van der Waals surface area contributed by atoms with Gasteiger partial charge in [-0.05, 0) is 19.8 Å². The molecule has 0 aliphatic carbocycles. The smallest absolute Gasteiger partial charge is 0.182 e. The van der Waals surface area contributed by atoms with Gasteiger partial charge in [0.15, 0.2) is 4.80 Å². The van der Waals surface area contributed by atoms with E-state index in [4.69, 9.17) is 5.41 Å². The molecule has 0 unspecified atom stereocenters. The fraction of sp³-hybridized carbons (Fsp3) is 0.700. The van der Waals surface area contributed by atoms with Crippen molar-refractivity contribution in [3.63, 3.8) is 0 Å². The van der Waals surface area contributed by atoms with Crippen LogP contribution in [0.2, 0.25) is 0 Å². The van der Waals surface area contributed by atoms with Gasteiger partial charge in [0.05, 0.1) is 0 Å². The highest BCUT2D eigenvalue weighted by atomic mass is 32.1. The summed E-state index contributed by atoms with van der Waals surface area (Å²) in [5.74, 6) is 0. The number of unbranched alkanes of at least 4 members (excludes halogenated alkanes) is 2. The number of thiazole rings is 1. The first-order chi connectivity index (χ1) is 6.16. The van der Waals surface area contributed by atoms with Gasteiger partial charge in [0.25, 0.3) is 0 Å². The topological polar surface area (TPSA) is 28.8 Å². The van der Waals surface area contributed by atoms with E-state index >= 15 is 0 Å². The van der Waals surface area contributed by atoms with Gasteiger partial charge in [-0.3, -0.25) is 5.41 Å². The molecule has 1 aromatic rings. The standard InChI is InChI=1S/C10H18N2S/c1-4-5-6-7-9-8(2)12(3)10(11)13-9/h11H,4-7H2,1-3H3. The fourth-order valence-corrected chi connectivity index (χ4v) is 2.40. The van der Waals surface area contributed by atoms with Crippen LogP contribution in [0.4, 0.5) is 0 Å². The number of aromatic nitrogens is 1. The quantitative estimate of drug-likeness (QED) is 0.721. The molecule has 0 fully saturated rings. The fourth-order valence-electron chi connectivity index (χ4n) is 1.37. The molecule has 1 heterocycles. The van der Waals surface area contributed by atoms with Gasteiger partial charge in [0.2, 0.25) is 0 Å². The maximum atomic E-state index is 7.64. The Labute approximate surface area is 83.7 Å². The van der Waals surface area contributed by atoms with E-state index in [-0.39, 0.29) is 0 Å². The lowest BCUT2D eigenvalue weighted by Gasteiger charge is -1.99. The molecule has 1 N–H and O–H groups in total. The van der Waals surface area contributed by atoms with Gasteiger partial charge in [0, 0.05) is 17.6 Å². The summed E-state index contributed by atoms with van der Waals surface area (Å²) in [7, 11) is 1.97. The number of hydrogen-bond acceptors (Lipinski definition) is 2. The lowest BCUT2D eigenvalue weighted by atomic mass is 10.2. The zero-order valence-electron chi connectivity index (χ0n) is 8.68. The van der Waals surface area contributed by atoms with E-state index in [1.807, 2.05) is 11.6 Å². The van der Waals surface area contributed by atoms with Gasteiger partial charge in [0.1, 0.15) is 0 Å². The molecule has 1 rings (SSSR count). The van der Waals surface area contributed by atoms with Crippen LogP contribution in [-0.2, 0) is 13.5 Å². The van der Waals surface area contributed by atoms with Crippen molar-refractivity contribution in [2.24, 2.45) is 7.05 Å². The first kappa shape index (κ1) is 10.5. The molecule has 3 heteroatoms. The van der Waals surface area contributed by atoms with Crippen molar-refractivity contribution in [1.29, 1.82) is 5.41 Å². The molecule has 0 spiro atoms. The van der Waals surface area contributed by atoms with Crippen molar-refractivity contribution < 1.29 is 0 Å². The van der Waals surface area contributed by atoms with Crippen molar-refractivity contribution in [2.75, 3.05) is 0 Å². The summed E-state index contributed by atoms with van der Waals surface area (Å²) in [6.07, 6.45) is 4.98. The minimum Gasteiger partial charge on any atom is -0.324 e. The molecular formula is C10H18N2S. The molecule has 74 valence electrons. The molecular weight excluding hydrogens is 180 g/mol. The molecule has 0 aromatic carbocycles. The Hall–Kier alpha value is -0.570. The van der Waals surface area contributed by atoms with E-state index in [0.29, 0.717) is 4.80 Å². The SMILES string of the molecule is CCCCCc1sc(=N)n(C)c1C. The monoisotopic (exact) mass is 198 g/mol. The zero-order valence-corrected chi connectivity index (χ0v) is 9.50. The Bertz CT molecular complexity index is 322. The van der Waals surface area contributed by atoms with Crippen LogP contribution >= 0.6 is 11.3 Å². The average Bonchev–Trinajstić information content (AvgIpc) is 2.34. The summed E-state index contributed by atoms with van der Waals surface area (Å²) in [4.78, 5) is 2.06. The lowest BCUT2D eigenvalue weighted by molar-refractivity contribution is 0.714. The summed E-state index contributed by atoms with van der Waals surface area (Å²) in [6.45, 7) is 4.33. The van der Waals surface area contributed by atoms with Crippen molar-refractivity contribution in [3.8, 4) is 0 Å². The molecule has 0 saturated carbocycles. The Morgan fingerprint density at radius 2 is 2.08 bits per heavy atom. The van der Waals surface area contributed by atoms with E-state index < -0.39 is 0 Å². The van der Waals surface area contributed by atoms with Crippen molar-refractivity contribution in [2.45, 2.75) is 39.5 Å². The van der Waals surface area contributed by atoms with Gasteiger partial charge >= 0.3 is 0 Å². The molecule has 0 aliphatic heterocycles. The third-order valence-corrected chi connectivity index (χ3v) is 3.65. The van der Waals surface area contributed by atoms with Crippen LogP contribution in [0.25, 0.3) is 0 Å². The van der Waals surface area contributed by atoms with Gasteiger partial charge in [-0.25, -0.2) is 0 Å². The van der Waals surface area contributed by atoms with E-state index in [1.54, 1.807) is 11.3 Å². The van der Waals surface area contributed by atoms with Crippen LogP contribution in [-0.4, -0.2) is 4.57 Å². The largest absolute Gasteiger partial charge is 0.324 e. The molecule has 13 heavy (non-hydrogen) atoms. The summed E-state index contributed by atoms with van der Waals surface area (Å²) in [5, 5.41) is 7.64. The van der Waals surface area contributed by atoms with Crippen LogP contribution in [0.1, 0.15) is 36.8 Å². The van der Waals surface area contributed by atoms with Gasteiger partial charge in [-0.15, -0.1) is 11.3 Å². The molecule has 0 bridgehead atoms. The van der Waals surface area contributed by atoms with Crippen LogP contribution < -0.4 is 4.80 Å². The Balaban J connectivity index is 2.67. The maximum absolute atomic E-state index is 7.64. The molecule has 0 saturated heterocycles. The lowest BCUT2D eigenvalue weighted by Crippen LogP contribution is -2.08. The normalized spacial score (nSPS) is 10.7. The van der Waals surface area contributed by atoms with Crippen LogP contribution in [0.3, 0.4) is 0 Å². The first-order valence-electron chi connectivity index (χ1n) is 4.86. The molecule has 0 radical (unpaired) electrons. The molecule has 0 amide bonds. The second kappa shape index (κ2) is 4.61. The third-order valence-electron chi connectivity index (χ3n) is 2.44. The predicted octanol–water partition coefficient (Wildman–Crippen LogP) is 2.61.